The van der Waals surface area contributed by atoms with E-state index >= 15 is 0 Å². The number of rotatable bonds is 6. The highest BCUT2D eigenvalue weighted by atomic mass is 15.0. The van der Waals surface area contributed by atoms with Crippen molar-refractivity contribution >= 4 is 5.69 Å². The van der Waals surface area contributed by atoms with Gasteiger partial charge in [0.25, 0.3) is 0 Å². The molecule has 4 heteroatoms. The second-order valence-electron chi connectivity index (χ2n) is 17.9. The minimum absolute atomic E-state index is 0.113. The summed E-state index contributed by atoms with van der Waals surface area (Å²) in [4.78, 5) is 19.4. The Morgan fingerprint density at radius 3 is 1.48 bits per heavy atom. The molecule has 4 bridgehead atoms. The highest BCUT2D eigenvalue weighted by molar-refractivity contribution is 5.76. The molecule has 1 spiro atoms. The van der Waals surface area contributed by atoms with Crippen molar-refractivity contribution in [2.75, 3.05) is 0 Å². The lowest BCUT2D eigenvalue weighted by Crippen LogP contribution is -2.59. The van der Waals surface area contributed by atoms with Gasteiger partial charge >= 0.3 is 0 Å². The zero-order chi connectivity index (χ0) is 40.5. The minimum Gasteiger partial charge on any atom is -0.238 e. The van der Waals surface area contributed by atoms with Crippen LogP contribution in [0.25, 0.3) is 50.1 Å². The summed E-state index contributed by atoms with van der Waals surface area (Å²) in [5.74, 6) is 4.76. The monoisotopic (exact) mass is 784 g/mol. The molecule has 61 heavy (non-hydrogen) atoms. The Morgan fingerprint density at radius 2 is 0.869 bits per heavy atom. The summed E-state index contributed by atoms with van der Waals surface area (Å²) in [5, 5.41) is 0. The molecule has 4 nitrogen and oxygen atoms in total. The average molecular weight is 785 g/mol. The summed E-state index contributed by atoms with van der Waals surface area (Å²) < 4.78 is 0. The first-order chi connectivity index (χ1) is 30.1. The minimum atomic E-state index is -0.514. The molecule has 0 aliphatic heterocycles. The number of benzene rings is 7. The number of nitrogens with zero attached hydrogens (tertiary/aromatic N) is 4. The molecule has 8 aromatic rings. The molecule has 1 aromatic heterocycles. The molecular formula is C57H44N4. The van der Waals surface area contributed by atoms with Crippen LogP contribution in [0.4, 0.5) is 5.69 Å². The fourth-order valence-corrected chi connectivity index (χ4v) is 12.7. The third-order valence-corrected chi connectivity index (χ3v) is 14.9. The molecule has 0 atom stereocenters. The quantitative estimate of drug-likeness (QED) is 0.158. The van der Waals surface area contributed by atoms with E-state index in [-0.39, 0.29) is 5.41 Å². The molecule has 0 radical (unpaired) electrons. The normalized spacial score (nSPS) is 22.6. The molecule has 0 amide bonds. The van der Waals surface area contributed by atoms with Crippen LogP contribution in [0.5, 0.6) is 0 Å². The predicted octanol–water partition coefficient (Wildman–Crippen LogP) is 13.5. The largest absolute Gasteiger partial charge is 0.238 e. The van der Waals surface area contributed by atoms with Gasteiger partial charge < -0.3 is 0 Å². The Morgan fingerprint density at radius 1 is 0.393 bits per heavy atom. The third kappa shape index (κ3) is 5.46. The van der Waals surface area contributed by atoms with E-state index in [4.69, 9.17) is 21.5 Å². The molecule has 4 saturated carbocycles. The van der Waals surface area contributed by atoms with E-state index in [1.165, 1.54) is 65.5 Å². The lowest BCUT2D eigenvalue weighted by Gasteiger charge is -2.65. The lowest BCUT2D eigenvalue weighted by atomic mass is 9.38. The Balaban J connectivity index is 1.12. The van der Waals surface area contributed by atoms with Crippen LogP contribution in [-0.4, -0.2) is 15.0 Å². The first-order valence-electron chi connectivity index (χ1n) is 21.9. The van der Waals surface area contributed by atoms with E-state index in [1.807, 2.05) is 42.5 Å². The van der Waals surface area contributed by atoms with Gasteiger partial charge in [-0.25, -0.2) is 19.8 Å². The standard InChI is InChI=1S/C57H44N4/c1-58-48-27-24-39(25-28-48)41-16-13-17-42(35-41)54-59-53(40-14-5-2-6-15-40)60-55(61-54)43-26-29-51-52(36-43)57(46-31-37-30-38(33-46)34-47(57)32-37)50-23-12-11-22-49(50)56(51,44-18-7-3-8-19-44)45-20-9-4-10-21-45/h2-29,35-38,46-47H,30-34H2. The summed E-state index contributed by atoms with van der Waals surface area (Å²) in [6.45, 7) is 7.43. The molecule has 5 aliphatic rings. The average Bonchev–Trinajstić information content (AvgIpc) is 3.33. The van der Waals surface area contributed by atoms with Gasteiger partial charge in [0.2, 0.25) is 0 Å². The highest BCUT2D eigenvalue weighted by Gasteiger charge is 2.63. The van der Waals surface area contributed by atoms with Crippen molar-refractivity contribution in [1.82, 2.24) is 15.0 Å². The van der Waals surface area contributed by atoms with E-state index < -0.39 is 5.41 Å². The Hall–Kier alpha value is -6.96. The van der Waals surface area contributed by atoms with Crippen LogP contribution in [0, 0.1) is 30.2 Å². The van der Waals surface area contributed by atoms with E-state index in [9.17, 15) is 0 Å². The van der Waals surface area contributed by atoms with Crippen molar-refractivity contribution in [1.29, 1.82) is 0 Å². The molecule has 0 unspecified atom stereocenters. The van der Waals surface area contributed by atoms with Crippen molar-refractivity contribution in [3.05, 3.63) is 227 Å². The Labute approximate surface area is 357 Å². The van der Waals surface area contributed by atoms with Gasteiger partial charge in [0.15, 0.2) is 23.2 Å². The Kier molecular flexibility index (Phi) is 8.29. The van der Waals surface area contributed by atoms with E-state index in [0.29, 0.717) is 35.0 Å². The second kappa shape index (κ2) is 14.1. The van der Waals surface area contributed by atoms with Crippen LogP contribution in [-0.2, 0) is 10.8 Å². The lowest BCUT2D eigenvalue weighted by molar-refractivity contribution is -0.0440. The number of fused-ring (bicyclic) bond motifs is 2. The SMILES string of the molecule is [C-]#[N+]c1ccc(-c2cccc(-c3nc(-c4ccccc4)nc(-c4ccc5c(c4)C4(c6ccccc6C5(c5ccccc5)c5ccccc5)C5CC6CC(C5)CC4C6)n3)c2)cc1. The molecule has 0 saturated heterocycles. The van der Waals surface area contributed by atoms with Gasteiger partial charge in [0.1, 0.15) is 0 Å². The van der Waals surface area contributed by atoms with Gasteiger partial charge in [0.05, 0.1) is 12.0 Å². The molecule has 4 fully saturated rings. The van der Waals surface area contributed by atoms with Crippen molar-refractivity contribution in [3.8, 4) is 45.3 Å². The number of hydrogen-bond acceptors (Lipinski definition) is 3. The van der Waals surface area contributed by atoms with Crippen LogP contribution < -0.4 is 0 Å². The summed E-state index contributed by atoms with van der Waals surface area (Å²) in [7, 11) is 0. The van der Waals surface area contributed by atoms with Gasteiger partial charge in [-0.3, -0.25) is 0 Å². The topological polar surface area (TPSA) is 43.0 Å². The van der Waals surface area contributed by atoms with Crippen molar-refractivity contribution in [3.63, 3.8) is 0 Å². The van der Waals surface area contributed by atoms with E-state index in [1.54, 1.807) is 0 Å². The fraction of sp³-hybridized carbons (Fsp3) is 0.193. The summed E-state index contributed by atoms with van der Waals surface area (Å²) in [6.07, 6.45) is 6.57. The van der Waals surface area contributed by atoms with Gasteiger partial charge in [-0.05, 0) is 112 Å². The van der Waals surface area contributed by atoms with E-state index in [0.717, 1.165) is 39.7 Å². The van der Waals surface area contributed by atoms with E-state index in [2.05, 4.69) is 144 Å². The van der Waals surface area contributed by atoms with Crippen molar-refractivity contribution < 1.29 is 0 Å². The van der Waals surface area contributed by atoms with Crippen LogP contribution >= 0.6 is 0 Å². The smallest absolute Gasteiger partial charge is 0.187 e. The number of hydrogen-bond donors (Lipinski definition) is 0. The second-order valence-corrected chi connectivity index (χ2v) is 17.9. The first-order valence-corrected chi connectivity index (χ1v) is 21.9. The molecule has 292 valence electrons. The summed E-state index contributed by atoms with van der Waals surface area (Å²) in [5.41, 5.74) is 13.4. The molecule has 7 aromatic carbocycles. The molecule has 0 N–H and O–H groups in total. The van der Waals surface area contributed by atoms with Gasteiger partial charge in [0, 0.05) is 22.1 Å². The Bertz CT molecular complexity index is 2920. The van der Waals surface area contributed by atoms with Crippen molar-refractivity contribution in [2.24, 2.45) is 23.7 Å². The predicted molar refractivity (Wildman–Crippen MR) is 244 cm³/mol. The van der Waals surface area contributed by atoms with Crippen molar-refractivity contribution in [2.45, 2.75) is 42.9 Å². The maximum Gasteiger partial charge on any atom is 0.187 e. The molecular weight excluding hydrogens is 741 g/mol. The van der Waals surface area contributed by atoms with Crippen LogP contribution in [0.15, 0.2) is 182 Å². The third-order valence-electron chi connectivity index (χ3n) is 14.9. The fourth-order valence-electron chi connectivity index (χ4n) is 12.7. The molecule has 13 rings (SSSR count). The van der Waals surface area contributed by atoms with Gasteiger partial charge in [-0.1, -0.05) is 170 Å². The van der Waals surface area contributed by atoms with Crippen LogP contribution in [0.1, 0.15) is 65.5 Å². The number of aromatic nitrogens is 3. The van der Waals surface area contributed by atoms with Gasteiger partial charge in [-0.15, -0.1) is 0 Å². The van der Waals surface area contributed by atoms with Gasteiger partial charge in [-0.2, -0.15) is 0 Å². The zero-order valence-electron chi connectivity index (χ0n) is 34.0. The first kappa shape index (κ1) is 35.9. The van der Waals surface area contributed by atoms with Crippen LogP contribution in [0.2, 0.25) is 0 Å². The molecule has 5 aliphatic carbocycles. The maximum atomic E-state index is 7.43. The summed E-state index contributed by atoms with van der Waals surface area (Å²) in [6, 6.07) is 65.8. The summed E-state index contributed by atoms with van der Waals surface area (Å²) >= 11 is 0. The maximum absolute atomic E-state index is 7.43. The highest BCUT2D eigenvalue weighted by Crippen LogP contribution is 2.70. The van der Waals surface area contributed by atoms with Crippen LogP contribution in [0.3, 0.4) is 0 Å². The molecule has 1 heterocycles. The zero-order valence-corrected chi connectivity index (χ0v) is 34.0.